The van der Waals surface area contributed by atoms with Crippen LogP contribution in [0.1, 0.15) is 13.3 Å². The first-order chi connectivity index (χ1) is 6.74. The zero-order valence-electron chi connectivity index (χ0n) is 8.36. The summed E-state index contributed by atoms with van der Waals surface area (Å²) in [4.78, 5) is 11.5. The molecule has 2 atom stereocenters. The summed E-state index contributed by atoms with van der Waals surface area (Å²) in [6, 6.07) is -0.0296. The molecule has 0 aromatic heterocycles. The van der Waals surface area contributed by atoms with Gasteiger partial charge in [-0.25, -0.2) is 0 Å². The maximum absolute atomic E-state index is 11.5. The molecule has 0 bridgehead atoms. The highest BCUT2D eigenvalue weighted by Crippen LogP contribution is 2.01. The van der Waals surface area contributed by atoms with Crippen LogP contribution >= 0.6 is 0 Å². The summed E-state index contributed by atoms with van der Waals surface area (Å²) in [5, 5.41) is 11.4. The number of carbonyl (C=O) groups is 1. The Morgan fingerprint density at radius 1 is 1.64 bits per heavy atom. The first-order valence-electron chi connectivity index (χ1n) is 4.84. The van der Waals surface area contributed by atoms with Crippen molar-refractivity contribution >= 4 is 5.91 Å². The molecule has 2 unspecified atom stereocenters. The van der Waals surface area contributed by atoms with Crippen molar-refractivity contribution in [1.82, 2.24) is 5.32 Å². The molecule has 1 aliphatic heterocycles. The Morgan fingerprint density at radius 3 is 3.00 bits per heavy atom. The molecule has 0 aromatic carbocycles. The minimum absolute atomic E-state index is 0.0296. The number of ether oxygens (including phenoxy) is 2. The monoisotopic (exact) mass is 203 g/mol. The molecule has 5 heteroatoms. The van der Waals surface area contributed by atoms with Gasteiger partial charge in [-0.3, -0.25) is 4.79 Å². The lowest BCUT2D eigenvalue weighted by Gasteiger charge is -2.23. The lowest BCUT2D eigenvalue weighted by molar-refractivity contribution is -0.148. The minimum atomic E-state index is -0.495. The van der Waals surface area contributed by atoms with E-state index in [1.807, 2.05) is 6.92 Å². The number of aliphatic hydroxyl groups excluding tert-OH is 1. The van der Waals surface area contributed by atoms with E-state index >= 15 is 0 Å². The van der Waals surface area contributed by atoms with E-state index in [1.54, 1.807) is 0 Å². The quantitative estimate of drug-likeness (QED) is 0.633. The van der Waals surface area contributed by atoms with Crippen LogP contribution in [-0.4, -0.2) is 49.6 Å². The van der Waals surface area contributed by atoms with Gasteiger partial charge >= 0.3 is 0 Å². The number of hydrogen-bond acceptors (Lipinski definition) is 4. The van der Waals surface area contributed by atoms with Crippen molar-refractivity contribution in [2.75, 3.05) is 26.4 Å². The van der Waals surface area contributed by atoms with Crippen LogP contribution in [0.4, 0.5) is 0 Å². The van der Waals surface area contributed by atoms with E-state index in [-0.39, 0.29) is 18.6 Å². The van der Waals surface area contributed by atoms with Gasteiger partial charge in [-0.15, -0.1) is 0 Å². The molecule has 0 saturated carbocycles. The van der Waals surface area contributed by atoms with Crippen LogP contribution < -0.4 is 5.32 Å². The normalized spacial score (nSPS) is 24.3. The molecule has 82 valence electrons. The smallest absolute Gasteiger partial charge is 0.251 e. The van der Waals surface area contributed by atoms with Crippen molar-refractivity contribution in [1.29, 1.82) is 0 Å². The summed E-state index contributed by atoms with van der Waals surface area (Å²) < 4.78 is 10.3. The van der Waals surface area contributed by atoms with Gasteiger partial charge in [0.2, 0.25) is 0 Å². The van der Waals surface area contributed by atoms with Gasteiger partial charge in [0.05, 0.1) is 19.8 Å². The van der Waals surface area contributed by atoms with Crippen LogP contribution in [0.2, 0.25) is 0 Å². The van der Waals surface area contributed by atoms with Gasteiger partial charge in [-0.1, -0.05) is 0 Å². The van der Waals surface area contributed by atoms with Gasteiger partial charge in [-0.05, 0) is 13.3 Å². The highest BCUT2D eigenvalue weighted by Gasteiger charge is 2.23. The zero-order chi connectivity index (χ0) is 10.4. The molecule has 0 aromatic rings. The van der Waals surface area contributed by atoms with Crippen molar-refractivity contribution in [2.45, 2.75) is 25.5 Å². The second-order valence-corrected chi connectivity index (χ2v) is 3.36. The Bertz CT molecular complexity index is 180. The molecular weight excluding hydrogens is 186 g/mol. The fourth-order valence-corrected chi connectivity index (χ4v) is 1.24. The number of nitrogens with one attached hydrogen (secondary N) is 1. The predicted octanol–water partition coefficient (Wildman–Crippen LogP) is -0.711. The average molecular weight is 203 g/mol. The molecule has 1 heterocycles. The maximum Gasteiger partial charge on any atom is 0.251 e. The van der Waals surface area contributed by atoms with Crippen LogP contribution in [0.5, 0.6) is 0 Å². The highest BCUT2D eigenvalue weighted by molar-refractivity contribution is 5.81. The molecule has 1 amide bonds. The molecule has 0 spiro atoms. The second-order valence-electron chi connectivity index (χ2n) is 3.36. The number of hydrogen-bond donors (Lipinski definition) is 2. The van der Waals surface area contributed by atoms with Gasteiger partial charge in [0.15, 0.2) is 6.10 Å². The molecule has 5 nitrogen and oxygen atoms in total. The molecule has 0 radical (unpaired) electrons. The van der Waals surface area contributed by atoms with E-state index in [2.05, 4.69) is 5.32 Å². The zero-order valence-corrected chi connectivity index (χ0v) is 8.36. The van der Waals surface area contributed by atoms with Crippen molar-refractivity contribution in [3.63, 3.8) is 0 Å². The van der Waals surface area contributed by atoms with Crippen LogP contribution in [0.15, 0.2) is 0 Å². The van der Waals surface area contributed by atoms with Crippen LogP contribution in [0, 0.1) is 0 Å². The largest absolute Gasteiger partial charge is 0.396 e. The number of carbonyl (C=O) groups excluding carboxylic acids is 1. The van der Waals surface area contributed by atoms with E-state index in [9.17, 15) is 4.79 Å². The van der Waals surface area contributed by atoms with Crippen LogP contribution in [0.25, 0.3) is 0 Å². The Balaban J connectivity index is 2.25. The fraction of sp³-hybridized carbons (Fsp3) is 0.889. The van der Waals surface area contributed by atoms with Gasteiger partial charge in [-0.2, -0.15) is 0 Å². The highest BCUT2D eigenvalue weighted by atomic mass is 16.6. The van der Waals surface area contributed by atoms with Gasteiger partial charge in [0, 0.05) is 12.6 Å². The number of rotatable bonds is 4. The van der Waals surface area contributed by atoms with Crippen LogP contribution in [0.3, 0.4) is 0 Å². The van der Waals surface area contributed by atoms with E-state index in [0.29, 0.717) is 26.2 Å². The maximum atomic E-state index is 11.5. The van der Waals surface area contributed by atoms with E-state index in [0.717, 1.165) is 0 Å². The Hall–Kier alpha value is -0.650. The summed E-state index contributed by atoms with van der Waals surface area (Å²) in [5.41, 5.74) is 0. The van der Waals surface area contributed by atoms with Crippen molar-refractivity contribution in [2.24, 2.45) is 0 Å². The molecule has 1 rings (SSSR count). The summed E-state index contributed by atoms with van der Waals surface area (Å²) in [6.07, 6.45) is 0.0594. The number of amides is 1. The third-order valence-electron chi connectivity index (χ3n) is 2.06. The SMILES string of the molecule is CC(CCO)NC(=O)C1COCCO1. The summed E-state index contributed by atoms with van der Waals surface area (Å²) >= 11 is 0. The summed E-state index contributed by atoms with van der Waals surface area (Å²) in [5.74, 6) is -0.161. The molecule has 1 fully saturated rings. The fourth-order valence-electron chi connectivity index (χ4n) is 1.24. The van der Waals surface area contributed by atoms with Gasteiger partial charge < -0.3 is 19.9 Å². The Labute approximate surface area is 83.4 Å². The molecule has 1 saturated heterocycles. The topological polar surface area (TPSA) is 67.8 Å². The van der Waals surface area contributed by atoms with Crippen LogP contribution in [-0.2, 0) is 14.3 Å². The number of aliphatic hydroxyl groups is 1. The summed E-state index contributed by atoms with van der Waals surface area (Å²) in [7, 11) is 0. The predicted molar refractivity (Wildman–Crippen MR) is 49.9 cm³/mol. The average Bonchev–Trinajstić information content (AvgIpc) is 2.19. The minimum Gasteiger partial charge on any atom is -0.396 e. The van der Waals surface area contributed by atoms with Crippen molar-refractivity contribution in [3.8, 4) is 0 Å². The van der Waals surface area contributed by atoms with Gasteiger partial charge in [0.1, 0.15) is 0 Å². The third kappa shape index (κ3) is 3.61. The molecular formula is C9H17NO4. The Morgan fingerprint density at radius 2 is 2.43 bits per heavy atom. The molecule has 14 heavy (non-hydrogen) atoms. The van der Waals surface area contributed by atoms with E-state index < -0.39 is 6.10 Å². The van der Waals surface area contributed by atoms with Gasteiger partial charge in [0.25, 0.3) is 5.91 Å². The molecule has 2 N–H and O–H groups in total. The lowest BCUT2D eigenvalue weighted by atomic mass is 10.2. The van der Waals surface area contributed by atoms with E-state index in [1.165, 1.54) is 0 Å². The second kappa shape index (κ2) is 5.95. The molecule has 1 aliphatic rings. The standard InChI is InChI=1S/C9H17NO4/c1-7(2-3-11)10-9(12)8-6-13-4-5-14-8/h7-8,11H,2-6H2,1H3,(H,10,12). The Kier molecular flexibility index (Phi) is 4.86. The third-order valence-corrected chi connectivity index (χ3v) is 2.06. The van der Waals surface area contributed by atoms with Crippen molar-refractivity contribution in [3.05, 3.63) is 0 Å². The first kappa shape index (κ1) is 11.4. The first-order valence-corrected chi connectivity index (χ1v) is 4.84. The van der Waals surface area contributed by atoms with Crippen molar-refractivity contribution < 1.29 is 19.4 Å². The molecule has 0 aliphatic carbocycles. The lowest BCUT2D eigenvalue weighted by Crippen LogP contribution is -2.46. The summed E-state index contributed by atoms with van der Waals surface area (Å²) in [6.45, 7) is 3.25. The van der Waals surface area contributed by atoms with E-state index in [4.69, 9.17) is 14.6 Å².